The Bertz CT molecular complexity index is 1010. The second-order valence-corrected chi connectivity index (χ2v) is 6.56. The molecule has 1 amide bonds. The third-order valence-electron chi connectivity index (χ3n) is 4.46. The van der Waals surface area contributed by atoms with Gasteiger partial charge in [0.1, 0.15) is 23.4 Å². The van der Waals surface area contributed by atoms with Gasteiger partial charge in [-0.3, -0.25) is 4.79 Å². The Morgan fingerprint density at radius 1 is 1.29 bits per heavy atom. The van der Waals surface area contributed by atoms with Crippen molar-refractivity contribution in [1.82, 2.24) is 14.8 Å². The van der Waals surface area contributed by atoms with E-state index in [0.29, 0.717) is 24.0 Å². The molecule has 0 fully saturated rings. The molecule has 28 heavy (non-hydrogen) atoms. The molecule has 4 rings (SSSR count). The van der Waals surface area contributed by atoms with E-state index < -0.39 is 12.0 Å². The smallest absolute Gasteiger partial charge is 0.254 e. The first-order chi connectivity index (χ1) is 13.5. The molecule has 0 radical (unpaired) electrons. The van der Waals surface area contributed by atoms with Crippen LogP contribution in [0.25, 0.3) is 22.4 Å². The summed E-state index contributed by atoms with van der Waals surface area (Å²) in [5, 5.41) is 16.6. The summed E-state index contributed by atoms with van der Waals surface area (Å²) >= 11 is 0. The summed E-state index contributed by atoms with van der Waals surface area (Å²) < 4.78 is 21.0. The number of halogens is 1. The van der Waals surface area contributed by atoms with Crippen LogP contribution < -0.4 is 10.1 Å². The van der Waals surface area contributed by atoms with Crippen LogP contribution in [0.5, 0.6) is 5.88 Å². The highest BCUT2D eigenvalue weighted by Gasteiger charge is 2.25. The van der Waals surface area contributed by atoms with Gasteiger partial charge in [-0.1, -0.05) is 0 Å². The molecule has 144 valence electrons. The maximum Gasteiger partial charge on any atom is 0.254 e. The van der Waals surface area contributed by atoms with Gasteiger partial charge in [0.2, 0.25) is 5.88 Å². The van der Waals surface area contributed by atoms with Gasteiger partial charge in [-0.15, -0.1) is 0 Å². The first-order valence-corrected chi connectivity index (χ1v) is 8.98. The van der Waals surface area contributed by atoms with Gasteiger partial charge in [0.05, 0.1) is 12.2 Å². The Balaban J connectivity index is 1.81. The summed E-state index contributed by atoms with van der Waals surface area (Å²) in [5.41, 5.74) is 2.92. The van der Waals surface area contributed by atoms with E-state index in [1.165, 1.54) is 19.1 Å². The Kier molecular flexibility index (Phi) is 4.79. The third-order valence-corrected chi connectivity index (χ3v) is 4.46. The zero-order valence-electron chi connectivity index (χ0n) is 15.2. The number of nitrogens with one attached hydrogen (secondary N) is 1. The number of ether oxygens (including phenoxy) is 1. The van der Waals surface area contributed by atoms with Crippen molar-refractivity contribution in [1.29, 1.82) is 0 Å². The number of carbonyl (C=O) groups is 1. The van der Waals surface area contributed by atoms with Crippen molar-refractivity contribution in [2.24, 2.45) is 0 Å². The van der Waals surface area contributed by atoms with Crippen LogP contribution >= 0.6 is 0 Å². The fourth-order valence-corrected chi connectivity index (χ4v) is 3.08. The van der Waals surface area contributed by atoms with Crippen molar-refractivity contribution >= 4 is 11.7 Å². The van der Waals surface area contributed by atoms with E-state index in [9.17, 15) is 14.3 Å². The van der Waals surface area contributed by atoms with Crippen molar-refractivity contribution in [3.05, 3.63) is 48.4 Å². The number of hydrogen-bond acceptors (Lipinski definition) is 5. The number of fused-ring (bicyclic) bond motifs is 1. The number of nitrogens with zero attached hydrogens (tertiary/aromatic N) is 3. The minimum absolute atomic E-state index is 0.309. The molecule has 0 aliphatic carbocycles. The molecule has 0 spiro atoms. The Labute approximate surface area is 160 Å². The number of carbonyl (C=O) groups excluding carboxylic acids is 1. The standard InChI is InChI=1S/C20H19FN4O3/c1-12(26)19(27)23-16-11-14(7-8-22-16)17-18(13-3-5-15(21)6-4-13)24-25-9-2-10-28-20(17)25/h3-8,11-12,26H,2,9-10H2,1H3,(H,22,23,27)/t12-/m0/s1. The Hall–Kier alpha value is -3.26. The van der Waals surface area contributed by atoms with Gasteiger partial charge >= 0.3 is 0 Å². The molecule has 1 atom stereocenters. The Morgan fingerprint density at radius 3 is 2.82 bits per heavy atom. The van der Waals surface area contributed by atoms with Crippen molar-refractivity contribution in [3.8, 4) is 28.3 Å². The van der Waals surface area contributed by atoms with Gasteiger partial charge in [-0.05, 0) is 48.9 Å². The molecule has 2 aromatic heterocycles. The maximum absolute atomic E-state index is 13.4. The van der Waals surface area contributed by atoms with Crippen LogP contribution in [0.1, 0.15) is 13.3 Å². The van der Waals surface area contributed by atoms with Crippen LogP contribution in [0.3, 0.4) is 0 Å². The molecule has 3 aromatic rings. The topological polar surface area (TPSA) is 89.3 Å². The summed E-state index contributed by atoms with van der Waals surface area (Å²) in [5.74, 6) is 0.0723. The predicted octanol–water partition coefficient (Wildman–Crippen LogP) is 2.85. The molecular weight excluding hydrogens is 363 g/mol. The number of pyridine rings is 1. The lowest BCUT2D eigenvalue weighted by Gasteiger charge is -2.16. The van der Waals surface area contributed by atoms with Crippen LogP contribution in [0.15, 0.2) is 42.6 Å². The summed E-state index contributed by atoms with van der Waals surface area (Å²) in [6.07, 6.45) is 1.27. The van der Waals surface area contributed by atoms with Gasteiger partial charge in [-0.25, -0.2) is 14.1 Å². The molecule has 0 unspecified atom stereocenters. The number of amides is 1. The minimum atomic E-state index is -1.15. The molecule has 1 aliphatic heterocycles. The SMILES string of the molecule is C[C@H](O)C(=O)Nc1cc(-c2c(-c3ccc(F)cc3)nn3c2OCCC3)ccn1. The van der Waals surface area contributed by atoms with E-state index in [-0.39, 0.29) is 5.82 Å². The molecule has 7 nitrogen and oxygen atoms in total. The molecule has 3 heterocycles. The van der Waals surface area contributed by atoms with Gasteiger partial charge in [0, 0.05) is 24.7 Å². The van der Waals surface area contributed by atoms with Crippen LogP contribution in [-0.2, 0) is 11.3 Å². The number of anilines is 1. The average Bonchev–Trinajstić information content (AvgIpc) is 3.08. The fourth-order valence-electron chi connectivity index (χ4n) is 3.08. The highest BCUT2D eigenvalue weighted by atomic mass is 19.1. The quantitative estimate of drug-likeness (QED) is 0.724. The highest BCUT2D eigenvalue weighted by molar-refractivity contribution is 5.94. The van der Waals surface area contributed by atoms with Gasteiger partial charge in [0.15, 0.2) is 0 Å². The van der Waals surface area contributed by atoms with E-state index >= 15 is 0 Å². The van der Waals surface area contributed by atoms with Crippen molar-refractivity contribution in [3.63, 3.8) is 0 Å². The summed E-state index contributed by atoms with van der Waals surface area (Å²) in [6, 6.07) is 9.61. The zero-order chi connectivity index (χ0) is 19.7. The van der Waals surface area contributed by atoms with E-state index in [1.54, 1.807) is 35.1 Å². The molecule has 1 aromatic carbocycles. The van der Waals surface area contributed by atoms with Crippen LogP contribution in [-0.4, -0.2) is 38.5 Å². The summed E-state index contributed by atoms with van der Waals surface area (Å²) in [7, 11) is 0. The summed E-state index contributed by atoms with van der Waals surface area (Å²) in [4.78, 5) is 15.9. The predicted molar refractivity (Wildman–Crippen MR) is 101 cm³/mol. The normalized spacial score (nSPS) is 14.1. The molecule has 0 bridgehead atoms. The van der Waals surface area contributed by atoms with E-state index in [2.05, 4.69) is 15.4 Å². The van der Waals surface area contributed by atoms with Crippen molar-refractivity contribution in [2.45, 2.75) is 26.0 Å². The second kappa shape index (κ2) is 7.40. The molecular formula is C20H19FN4O3. The van der Waals surface area contributed by atoms with Gasteiger partial charge < -0.3 is 15.2 Å². The van der Waals surface area contributed by atoms with E-state index in [1.807, 2.05) is 0 Å². The number of benzene rings is 1. The van der Waals surface area contributed by atoms with Crippen molar-refractivity contribution in [2.75, 3.05) is 11.9 Å². The lowest BCUT2D eigenvalue weighted by atomic mass is 10.0. The van der Waals surface area contributed by atoms with E-state index in [4.69, 9.17) is 4.74 Å². The minimum Gasteiger partial charge on any atom is -0.477 e. The fraction of sp³-hybridized carbons (Fsp3) is 0.250. The highest BCUT2D eigenvalue weighted by Crippen LogP contribution is 2.41. The number of aromatic nitrogens is 3. The number of hydrogen-bond donors (Lipinski definition) is 2. The lowest BCUT2D eigenvalue weighted by molar-refractivity contribution is -0.123. The number of rotatable bonds is 4. The molecule has 8 heteroatoms. The van der Waals surface area contributed by atoms with Gasteiger partial charge in [0.25, 0.3) is 5.91 Å². The lowest BCUT2D eigenvalue weighted by Crippen LogP contribution is -2.24. The monoisotopic (exact) mass is 382 g/mol. The molecule has 0 saturated heterocycles. The molecule has 2 N–H and O–H groups in total. The number of aliphatic hydroxyl groups is 1. The van der Waals surface area contributed by atoms with Crippen LogP contribution in [0.4, 0.5) is 10.2 Å². The van der Waals surface area contributed by atoms with E-state index in [0.717, 1.165) is 29.7 Å². The molecule has 1 aliphatic rings. The van der Waals surface area contributed by atoms with Gasteiger partial charge in [-0.2, -0.15) is 5.10 Å². The first-order valence-electron chi connectivity index (χ1n) is 8.98. The Morgan fingerprint density at radius 2 is 2.07 bits per heavy atom. The number of aliphatic hydroxyl groups excluding tert-OH is 1. The van der Waals surface area contributed by atoms with Crippen LogP contribution in [0.2, 0.25) is 0 Å². The largest absolute Gasteiger partial charge is 0.477 e. The maximum atomic E-state index is 13.4. The summed E-state index contributed by atoms with van der Waals surface area (Å²) in [6.45, 7) is 2.69. The van der Waals surface area contributed by atoms with Crippen LogP contribution in [0, 0.1) is 5.82 Å². The second-order valence-electron chi connectivity index (χ2n) is 6.56. The number of aryl methyl sites for hydroxylation is 1. The third kappa shape index (κ3) is 3.46. The molecule has 0 saturated carbocycles. The zero-order valence-corrected chi connectivity index (χ0v) is 15.2. The average molecular weight is 382 g/mol. The van der Waals surface area contributed by atoms with Crippen molar-refractivity contribution < 1.29 is 19.0 Å². The first kappa shape index (κ1) is 18.1.